The van der Waals surface area contributed by atoms with E-state index in [0.29, 0.717) is 26.9 Å². The molecule has 0 fully saturated rings. The van der Waals surface area contributed by atoms with E-state index in [-0.39, 0.29) is 12.5 Å². The van der Waals surface area contributed by atoms with E-state index in [9.17, 15) is 9.59 Å². The summed E-state index contributed by atoms with van der Waals surface area (Å²) < 4.78 is 0. The Morgan fingerprint density at radius 1 is 1.16 bits per heavy atom. The highest BCUT2D eigenvalue weighted by molar-refractivity contribution is 6.34. The van der Waals surface area contributed by atoms with Crippen molar-refractivity contribution in [3.8, 4) is 12.3 Å². The third-order valence-electron chi connectivity index (χ3n) is 3.11. The fourth-order valence-corrected chi connectivity index (χ4v) is 2.29. The highest BCUT2D eigenvalue weighted by atomic mass is 35.5. The summed E-state index contributed by atoms with van der Waals surface area (Å²) in [6.07, 6.45) is 8.11. The molecule has 0 unspecified atom stereocenters. The van der Waals surface area contributed by atoms with Gasteiger partial charge in [-0.2, -0.15) is 0 Å². The molecule has 2 amide bonds. The largest absolute Gasteiger partial charge is 0.343 e. The number of carbonyl (C=O) groups excluding carboxylic acids is 2. The van der Waals surface area contributed by atoms with Crippen LogP contribution in [0, 0.1) is 12.3 Å². The van der Waals surface area contributed by atoms with Gasteiger partial charge in [-0.25, -0.2) is 0 Å². The SMILES string of the molecule is C#Cc1cccc(NC(=O)CNC(=O)/C=C/c2cc(Cl)ccc2Cl)c1. The van der Waals surface area contributed by atoms with Gasteiger partial charge >= 0.3 is 0 Å². The lowest BCUT2D eigenvalue weighted by Gasteiger charge is -2.06. The van der Waals surface area contributed by atoms with Crippen LogP contribution in [0.2, 0.25) is 10.0 Å². The van der Waals surface area contributed by atoms with E-state index in [1.54, 1.807) is 42.5 Å². The molecule has 2 aromatic rings. The Labute approximate surface area is 155 Å². The topological polar surface area (TPSA) is 58.2 Å². The molecule has 0 saturated carbocycles. The minimum absolute atomic E-state index is 0.174. The van der Waals surface area contributed by atoms with Crippen LogP contribution in [0.3, 0.4) is 0 Å². The molecular weight excluding hydrogens is 359 g/mol. The van der Waals surface area contributed by atoms with E-state index < -0.39 is 5.91 Å². The summed E-state index contributed by atoms with van der Waals surface area (Å²) in [4.78, 5) is 23.6. The van der Waals surface area contributed by atoms with Crippen LogP contribution in [0.4, 0.5) is 5.69 Å². The zero-order valence-electron chi connectivity index (χ0n) is 13.1. The van der Waals surface area contributed by atoms with E-state index >= 15 is 0 Å². The number of hydrogen-bond donors (Lipinski definition) is 2. The van der Waals surface area contributed by atoms with Crippen LogP contribution in [-0.2, 0) is 9.59 Å². The molecule has 0 aromatic heterocycles. The number of hydrogen-bond acceptors (Lipinski definition) is 2. The van der Waals surface area contributed by atoms with Crippen molar-refractivity contribution in [3.05, 3.63) is 69.7 Å². The standard InChI is InChI=1S/C19H14Cl2N2O2/c1-2-13-4-3-5-16(10-13)23-19(25)12-22-18(24)9-6-14-11-15(20)7-8-17(14)21/h1,3-11H,12H2,(H,22,24)(H,23,25)/b9-6+. The summed E-state index contributed by atoms with van der Waals surface area (Å²) in [6, 6.07) is 11.8. The molecule has 0 spiro atoms. The van der Waals surface area contributed by atoms with Gasteiger partial charge in [0.25, 0.3) is 0 Å². The number of benzene rings is 2. The molecule has 126 valence electrons. The maximum atomic E-state index is 11.8. The molecular formula is C19H14Cl2N2O2. The maximum absolute atomic E-state index is 11.8. The molecule has 0 bridgehead atoms. The summed E-state index contributed by atoms with van der Waals surface area (Å²) >= 11 is 11.9. The van der Waals surface area contributed by atoms with Crippen LogP contribution < -0.4 is 10.6 Å². The summed E-state index contributed by atoms with van der Waals surface area (Å²) in [6.45, 7) is -0.174. The van der Waals surface area contributed by atoms with Gasteiger partial charge in [0, 0.05) is 27.4 Å². The average molecular weight is 373 g/mol. The molecule has 6 heteroatoms. The molecule has 2 aromatic carbocycles. The van der Waals surface area contributed by atoms with Crippen molar-refractivity contribution < 1.29 is 9.59 Å². The van der Waals surface area contributed by atoms with E-state index in [0.717, 1.165) is 0 Å². The number of anilines is 1. The van der Waals surface area contributed by atoms with Gasteiger partial charge in [0.2, 0.25) is 11.8 Å². The Bertz CT molecular complexity index is 870. The van der Waals surface area contributed by atoms with Gasteiger partial charge in [-0.1, -0.05) is 35.2 Å². The number of nitrogens with one attached hydrogen (secondary N) is 2. The first-order valence-electron chi connectivity index (χ1n) is 7.25. The van der Waals surface area contributed by atoms with Crippen molar-refractivity contribution in [1.82, 2.24) is 5.32 Å². The highest BCUT2D eigenvalue weighted by Crippen LogP contribution is 2.21. The molecule has 0 heterocycles. The minimum atomic E-state index is -0.427. The first kappa shape index (κ1) is 18.6. The smallest absolute Gasteiger partial charge is 0.244 e. The molecule has 0 atom stereocenters. The van der Waals surface area contributed by atoms with Gasteiger partial charge in [-0.05, 0) is 48.0 Å². The summed E-state index contributed by atoms with van der Waals surface area (Å²) in [5.74, 6) is 1.69. The molecule has 0 aliphatic carbocycles. The molecule has 2 rings (SSSR count). The number of carbonyl (C=O) groups is 2. The number of rotatable bonds is 5. The van der Waals surface area contributed by atoms with E-state index in [4.69, 9.17) is 29.6 Å². The Morgan fingerprint density at radius 2 is 1.96 bits per heavy atom. The number of amides is 2. The molecule has 0 aliphatic heterocycles. The van der Waals surface area contributed by atoms with Crippen LogP contribution in [0.25, 0.3) is 6.08 Å². The van der Waals surface area contributed by atoms with Gasteiger partial charge in [0.05, 0.1) is 6.54 Å². The lowest BCUT2D eigenvalue weighted by Crippen LogP contribution is -2.31. The Morgan fingerprint density at radius 3 is 2.72 bits per heavy atom. The number of halogens is 2. The van der Waals surface area contributed by atoms with Crippen molar-refractivity contribution in [3.63, 3.8) is 0 Å². The second kappa shape index (κ2) is 8.93. The van der Waals surface area contributed by atoms with Gasteiger partial charge in [0.1, 0.15) is 0 Å². The third-order valence-corrected chi connectivity index (χ3v) is 3.69. The van der Waals surface area contributed by atoms with Gasteiger partial charge in [0.15, 0.2) is 0 Å². The Kier molecular flexibility index (Phi) is 6.64. The molecule has 0 saturated heterocycles. The van der Waals surface area contributed by atoms with Crippen LogP contribution in [-0.4, -0.2) is 18.4 Å². The maximum Gasteiger partial charge on any atom is 0.244 e. The first-order valence-corrected chi connectivity index (χ1v) is 8.01. The van der Waals surface area contributed by atoms with Gasteiger partial charge in [-0.15, -0.1) is 6.42 Å². The van der Waals surface area contributed by atoms with Crippen molar-refractivity contribution in [2.24, 2.45) is 0 Å². The average Bonchev–Trinajstić information content (AvgIpc) is 2.61. The highest BCUT2D eigenvalue weighted by Gasteiger charge is 2.05. The van der Waals surface area contributed by atoms with Crippen LogP contribution >= 0.6 is 23.2 Å². The molecule has 0 radical (unpaired) electrons. The lowest BCUT2D eigenvalue weighted by atomic mass is 10.2. The van der Waals surface area contributed by atoms with E-state index in [1.165, 1.54) is 12.2 Å². The predicted octanol–water partition coefficient (Wildman–Crippen LogP) is 3.74. The van der Waals surface area contributed by atoms with E-state index in [1.807, 2.05) is 0 Å². The van der Waals surface area contributed by atoms with Crippen LogP contribution in [0.15, 0.2) is 48.5 Å². The first-order chi connectivity index (χ1) is 12.0. The van der Waals surface area contributed by atoms with Gasteiger partial charge in [-0.3, -0.25) is 9.59 Å². The Balaban J connectivity index is 1.87. The quantitative estimate of drug-likeness (QED) is 0.620. The molecule has 0 aliphatic rings. The Hall–Kier alpha value is -2.74. The van der Waals surface area contributed by atoms with Crippen LogP contribution in [0.1, 0.15) is 11.1 Å². The third kappa shape index (κ3) is 6.00. The van der Waals surface area contributed by atoms with Gasteiger partial charge < -0.3 is 10.6 Å². The second-order valence-corrected chi connectivity index (χ2v) is 5.83. The van der Waals surface area contributed by atoms with Crippen LogP contribution in [0.5, 0.6) is 0 Å². The summed E-state index contributed by atoms with van der Waals surface area (Å²) in [5, 5.41) is 6.12. The van der Waals surface area contributed by atoms with Crippen molar-refractivity contribution in [2.75, 3.05) is 11.9 Å². The number of terminal acetylenes is 1. The fourth-order valence-electron chi connectivity index (χ4n) is 1.93. The zero-order chi connectivity index (χ0) is 18.2. The second-order valence-electron chi connectivity index (χ2n) is 4.99. The predicted molar refractivity (Wildman–Crippen MR) is 102 cm³/mol. The molecule has 2 N–H and O–H groups in total. The normalized spacial score (nSPS) is 10.3. The fraction of sp³-hybridized carbons (Fsp3) is 0.0526. The van der Waals surface area contributed by atoms with Crippen molar-refractivity contribution in [2.45, 2.75) is 0 Å². The monoisotopic (exact) mass is 372 g/mol. The van der Waals surface area contributed by atoms with E-state index in [2.05, 4.69) is 16.6 Å². The zero-order valence-corrected chi connectivity index (χ0v) is 14.6. The molecule has 4 nitrogen and oxygen atoms in total. The molecule has 25 heavy (non-hydrogen) atoms. The minimum Gasteiger partial charge on any atom is -0.343 e. The lowest BCUT2D eigenvalue weighted by molar-refractivity contribution is -0.121. The van der Waals surface area contributed by atoms with Crippen molar-refractivity contribution >= 4 is 46.8 Å². The van der Waals surface area contributed by atoms with Crippen molar-refractivity contribution in [1.29, 1.82) is 0 Å². The summed E-state index contributed by atoms with van der Waals surface area (Å²) in [7, 11) is 0. The summed E-state index contributed by atoms with van der Waals surface area (Å²) in [5.41, 5.74) is 1.83.